The van der Waals surface area contributed by atoms with Crippen LogP contribution in [0.25, 0.3) is 0 Å². The molecule has 6 heteroatoms. The van der Waals surface area contributed by atoms with Crippen LogP contribution in [0.2, 0.25) is 0 Å². The van der Waals surface area contributed by atoms with E-state index in [1.807, 2.05) is 0 Å². The van der Waals surface area contributed by atoms with Gasteiger partial charge in [0.15, 0.2) is 5.60 Å². The van der Waals surface area contributed by atoms with Crippen molar-refractivity contribution in [2.24, 2.45) is 5.92 Å². The molecule has 2 atom stereocenters. The van der Waals surface area contributed by atoms with Crippen molar-refractivity contribution in [3.05, 3.63) is 0 Å². The zero-order chi connectivity index (χ0) is 12.3. The molecule has 2 unspecified atom stereocenters. The van der Waals surface area contributed by atoms with Gasteiger partial charge in [-0.1, -0.05) is 6.92 Å². The summed E-state index contributed by atoms with van der Waals surface area (Å²) >= 11 is 0. The molecule has 2 N–H and O–H groups in total. The summed E-state index contributed by atoms with van der Waals surface area (Å²) in [6.07, 6.45) is -5.32. The van der Waals surface area contributed by atoms with E-state index in [2.05, 4.69) is 0 Å². The summed E-state index contributed by atoms with van der Waals surface area (Å²) in [5.41, 5.74) is -1.97. The molecule has 3 nitrogen and oxygen atoms in total. The lowest BCUT2D eigenvalue weighted by atomic mass is 9.87. The first-order valence-electron chi connectivity index (χ1n) is 4.60. The number of hydrogen-bond donors (Lipinski definition) is 2. The Kier molecular flexibility index (Phi) is 4.58. The summed E-state index contributed by atoms with van der Waals surface area (Å²) in [5, 5.41) is 18.0. The van der Waals surface area contributed by atoms with Crippen molar-refractivity contribution in [3.63, 3.8) is 0 Å². The summed E-state index contributed by atoms with van der Waals surface area (Å²) in [6, 6.07) is 0. The van der Waals surface area contributed by atoms with Crippen LogP contribution in [-0.4, -0.2) is 28.0 Å². The van der Waals surface area contributed by atoms with E-state index in [9.17, 15) is 23.1 Å². The van der Waals surface area contributed by atoms with Gasteiger partial charge in [-0.3, -0.25) is 0 Å². The summed E-state index contributed by atoms with van der Waals surface area (Å²) < 4.78 is 35.3. The zero-order valence-electron chi connectivity index (χ0n) is 8.64. The first kappa shape index (κ1) is 14.2. The molecule has 0 bridgehead atoms. The topological polar surface area (TPSA) is 57.5 Å². The SMILES string of the molecule is CC(CCCC(F)(F)F)C(C)(O)C(=O)O. The molecule has 0 aliphatic heterocycles. The lowest BCUT2D eigenvalue weighted by Gasteiger charge is -2.25. The highest BCUT2D eigenvalue weighted by molar-refractivity contribution is 5.76. The van der Waals surface area contributed by atoms with Crippen LogP contribution >= 0.6 is 0 Å². The monoisotopic (exact) mass is 228 g/mol. The second kappa shape index (κ2) is 4.83. The van der Waals surface area contributed by atoms with Crippen LogP contribution in [0.3, 0.4) is 0 Å². The minimum Gasteiger partial charge on any atom is -0.479 e. The Morgan fingerprint density at radius 2 is 1.87 bits per heavy atom. The van der Waals surface area contributed by atoms with Gasteiger partial charge in [-0.2, -0.15) is 13.2 Å². The largest absolute Gasteiger partial charge is 0.479 e. The standard InChI is InChI=1S/C9H15F3O3/c1-6(8(2,15)7(13)14)4-3-5-9(10,11)12/h6,15H,3-5H2,1-2H3,(H,13,14). The Balaban J connectivity index is 4.05. The predicted octanol–water partition coefficient (Wildman–Crippen LogP) is 2.19. The van der Waals surface area contributed by atoms with Gasteiger partial charge in [0.2, 0.25) is 0 Å². The molecule has 0 rings (SSSR count). The van der Waals surface area contributed by atoms with Crippen LogP contribution in [0.15, 0.2) is 0 Å². The third-order valence-electron chi connectivity index (χ3n) is 2.49. The Labute approximate surface area is 85.9 Å². The molecule has 0 radical (unpaired) electrons. The van der Waals surface area contributed by atoms with Crippen molar-refractivity contribution >= 4 is 5.97 Å². The summed E-state index contributed by atoms with van der Waals surface area (Å²) in [7, 11) is 0. The van der Waals surface area contributed by atoms with Crippen molar-refractivity contribution in [3.8, 4) is 0 Å². The Morgan fingerprint density at radius 3 is 2.20 bits per heavy atom. The maximum atomic E-state index is 11.8. The molecule has 0 heterocycles. The van der Waals surface area contributed by atoms with Crippen molar-refractivity contribution in [1.82, 2.24) is 0 Å². The molecule has 0 aromatic heterocycles. The number of rotatable bonds is 5. The molecule has 0 saturated carbocycles. The van der Waals surface area contributed by atoms with Gasteiger partial charge in [0.1, 0.15) is 0 Å². The van der Waals surface area contributed by atoms with E-state index >= 15 is 0 Å². The lowest BCUT2D eigenvalue weighted by molar-refractivity contribution is -0.162. The molecule has 0 aliphatic rings. The van der Waals surface area contributed by atoms with Gasteiger partial charge >= 0.3 is 12.1 Å². The van der Waals surface area contributed by atoms with Gasteiger partial charge in [0, 0.05) is 6.42 Å². The summed E-state index contributed by atoms with van der Waals surface area (Å²) in [6.45, 7) is 2.51. The van der Waals surface area contributed by atoms with Crippen LogP contribution in [0.1, 0.15) is 33.1 Å². The van der Waals surface area contributed by atoms with Gasteiger partial charge in [-0.15, -0.1) is 0 Å². The lowest BCUT2D eigenvalue weighted by Crippen LogP contribution is -2.41. The normalized spacial score (nSPS) is 18.3. The highest BCUT2D eigenvalue weighted by Gasteiger charge is 2.36. The van der Waals surface area contributed by atoms with Crippen LogP contribution in [-0.2, 0) is 4.79 Å². The quantitative estimate of drug-likeness (QED) is 0.758. The van der Waals surface area contributed by atoms with E-state index in [1.54, 1.807) is 0 Å². The van der Waals surface area contributed by atoms with Crippen molar-refractivity contribution in [2.45, 2.75) is 44.9 Å². The van der Waals surface area contributed by atoms with Gasteiger partial charge < -0.3 is 10.2 Å². The molecule has 0 fully saturated rings. The maximum Gasteiger partial charge on any atom is 0.389 e. The average molecular weight is 228 g/mol. The number of aliphatic hydroxyl groups is 1. The molecular weight excluding hydrogens is 213 g/mol. The smallest absolute Gasteiger partial charge is 0.389 e. The molecule has 0 amide bonds. The highest BCUT2D eigenvalue weighted by atomic mass is 19.4. The van der Waals surface area contributed by atoms with Gasteiger partial charge in [-0.25, -0.2) is 4.79 Å². The Hall–Kier alpha value is -0.780. The molecule has 0 aromatic rings. The van der Waals surface area contributed by atoms with Crippen LogP contribution in [0.5, 0.6) is 0 Å². The molecule has 0 aromatic carbocycles. The number of alkyl halides is 3. The number of carboxylic acid groups (broad SMARTS) is 1. The van der Waals surface area contributed by atoms with Gasteiger partial charge in [0.05, 0.1) is 0 Å². The van der Waals surface area contributed by atoms with Crippen LogP contribution in [0.4, 0.5) is 13.2 Å². The fourth-order valence-electron chi connectivity index (χ4n) is 1.10. The Bertz CT molecular complexity index is 223. The van der Waals surface area contributed by atoms with Crippen LogP contribution < -0.4 is 0 Å². The van der Waals surface area contributed by atoms with Gasteiger partial charge in [-0.05, 0) is 25.7 Å². The minimum atomic E-state index is -4.23. The van der Waals surface area contributed by atoms with Crippen LogP contribution in [0, 0.1) is 5.92 Å². The van der Waals surface area contributed by atoms with Crippen molar-refractivity contribution in [1.29, 1.82) is 0 Å². The van der Waals surface area contributed by atoms with Crippen molar-refractivity contribution < 1.29 is 28.2 Å². The fraction of sp³-hybridized carbons (Fsp3) is 0.889. The number of hydrogen-bond acceptors (Lipinski definition) is 2. The number of carboxylic acids is 1. The number of aliphatic carboxylic acids is 1. The van der Waals surface area contributed by atoms with E-state index in [1.165, 1.54) is 6.92 Å². The Morgan fingerprint density at radius 1 is 1.40 bits per heavy atom. The molecule has 0 spiro atoms. The summed E-state index contributed by atoms with van der Waals surface area (Å²) in [4.78, 5) is 10.6. The average Bonchev–Trinajstić information content (AvgIpc) is 2.01. The first-order valence-corrected chi connectivity index (χ1v) is 4.60. The fourth-order valence-corrected chi connectivity index (χ4v) is 1.10. The molecule has 90 valence electrons. The zero-order valence-corrected chi connectivity index (χ0v) is 8.64. The number of carbonyl (C=O) groups is 1. The van der Waals surface area contributed by atoms with Crippen molar-refractivity contribution in [2.75, 3.05) is 0 Å². The van der Waals surface area contributed by atoms with E-state index in [-0.39, 0.29) is 12.8 Å². The highest BCUT2D eigenvalue weighted by Crippen LogP contribution is 2.27. The first-order chi connectivity index (χ1) is 6.57. The molecule has 0 aliphatic carbocycles. The second-order valence-electron chi connectivity index (χ2n) is 3.86. The van der Waals surface area contributed by atoms with Gasteiger partial charge in [0.25, 0.3) is 0 Å². The second-order valence-corrected chi connectivity index (χ2v) is 3.86. The number of halogens is 3. The predicted molar refractivity (Wildman–Crippen MR) is 47.3 cm³/mol. The van der Waals surface area contributed by atoms with E-state index in [0.717, 1.165) is 6.92 Å². The molecule has 15 heavy (non-hydrogen) atoms. The molecular formula is C9H15F3O3. The van der Waals surface area contributed by atoms with E-state index in [4.69, 9.17) is 5.11 Å². The minimum absolute atomic E-state index is 0.0266. The van der Waals surface area contributed by atoms with E-state index in [0.29, 0.717) is 0 Å². The van der Waals surface area contributed by atoms with E-state index < -0.39 is 30.1 Å². The third-order valence-corrected chi connectivity index (χ3v) is 2.49. The maximum absolute atomic E-state index is 11.8. The summed E-state index contributed by atoms with van der Waals surface area (Å²) in [5.74, 6) is -2.13. The molecule has 0 saturated heterocycles. The third kappa shape index (κ3) is 5.01.